The van der Waals surface area contributed by atoms with Crippen molar-refractivity contribution in [1.82, 2.24) is 19.2 Å². The number of fused-ring (bicyclic) bond motifs is 5. The van der Waals surface area contributed by atoms with Crippen molar-refractivity contribution in [2.45, 2.75) is 32.2 Å². The molecule has 0 unspecified atom stereocenters. The fourth-order valence-electron chi connectivity index (χ4n) is 4.65. The van der Waals surface area contributed by atoms with Gasteiger partial charge in [-0.1, -0.05) is 30.3 Å². The summed E-state index contributed by atoms with van der Waals surface area (Å²) in [5.41, 5.74) is 2.91. The molecule has 0 bridgehead atoms. The Kier molecular flexibility index (Phi) is 5.33. The largest absolute Gasteiger partial charge is 0.497 e. The van der Waals surface area contributed by atoms with Gasteiger partial charge in [-0.3, -0.25) is 9.36 Å². The number of methoxy groups -OCH3 is 1. The van der Waals surface area contributed by atoms with Gasteiger partial charge < -0.3 is 10.1 Å². The molecule has 0 atom stereocenters. The number of ether oxygens (including phenoxy) is 1. The maximum Gasteiger partial charge on any atom is 0.352 e. The van der Waals surface area contributed by atoms with Crippen LogP contribution in [0.4, 0.5) is 5.69 Å². The molecule has 35 heavy (non-hydrogen) atoms. The fourth-order valence-corrected chi connectivity index (χ4v) is 6.02. The molecule has 176 valence electrons. The van der Waals surface area contributed by atoms with Crippen LogP contribution in [0.2, 0.25) is 0 Å². The highest BCUT2D eigenvalue weighted by Gasteiger charge is 2.25. The molecule has 1 amide bonds. The number of benzene rings is 2. The van der Waals surface area contributed by atoms with Crippen LogP contribution in [0, 0.1) is 0 Å². The maximum atomic E-state index is 13.6. The van der Waals surface area contributed by atoms with Crippen LogP contribution < -0.4 is 15.7 Å². The van der Waals surface area contributed by atoms with Crippen LogP contribution in [-0.4, -0.2) is 32.2 Å². The summed E-state index contributed by atoms with van der Waals surface area (Å²) in [6, 6.07) is 16.7. The van der Waals surface area contributed by atoms with Crippen molar-refractivity contribution in [3.8, 4) is 17.1 Å². The third kappa shape index (κ3) is 3.77. The number of nitrogens with zero attached hydrogens (tertiary/aromatic N) is 4. The van der Waals surface area contributed by atoms with Gasteiger partial charge in [-0.2, -0.15) is 4.52 Å². The molecule has 0 saturated carbocycles. The smallest absolute Gasteiger partial charge is 0.352 e. The lowest BCUT2D eigenvalue weighted by Gasteiger charge is -2.11. The number of thiophene rings is 1. The second-order valence-electron chi connectivity index (χ2n) is 8.57. The van der Waals surface area contributed by atoms with Crippen molar-refractivity contribution in [3.05, 3.63) is 75.5 Å². The summed E-state index contributed by atoms with van der Waals surface area (Å²) in [6.07, 6.45) is 4.14. The highest BCUT2D eigenvalue weighted by atomic mass is 32.1. The molecule has 1 aliphatic carbocycles. The molecule has 0 radical (unpaired) electrons. The lowest BCUT2D eigenvalue weighted by Crippen LogP contribution is -2.32. The molecule has 3 aromatic heterocycles. The third-order valence-corrected chi connectivity index (χ3v) is 7.66. The number of carbonyl (C=O) groups excluding carboxylic acids is 1. The Balaban J connectivity index is 1.47. The average molecular weight is 486 g/mol. The number of hydrogen-bond acceptors (Lipinski definition) is 6. The molecule has 6 rings (SSSR count). The zero-order chi connectivity index (χ0) is 23.9. The van der Waals surface area contributed by atoms with E-state index in [-0.39, 0.29) is 18.1 Å². The summed E-state index contributed by atoms with van der Waals surface area (Å²) < 4.78 is 8.07. The van der Waals surface area contributed by atoms with Crippen LogP contribution in [0.5, 0.6) is 5.75 Å². The third-order valence-electron chi connectivity index (χ3n) is 6.35. The molecule has 5 aromatic rings. The summed E-state index contributed by atoms with van der Waals surface area (Å²) in [6.45, 7) is -0.114. The van der Waals surface area contributed by atoms with E-state index in [1.54, 1.807) is 42.7 Å². The van der Waals surface area contributed by atoms with Gasteiger partial charge in [0.15, 0.2) is 11.5 Å². The van der Waals surface area contributed by atoms with Gasteiger partial charge in [-0.15, -0.1) is 16.4 Å². The van der Waals surface area contributed by atoms with Gasteiger partial charge in [0.05, 0.1) is 12.5 Å². The molecule has 8 nitrogen and oxygen atoms in total. The van der Waals surface area contributed by atoms with Crippen LogP contribution in [0.3, 0.4) is 0 Å². The predicted molar refractivity (Wildman–Crippen MR) is 136 cm³/mol. The lowest BCUT2D eigenvalue weighted by molar-refractivity contribution is -0.116. The van der Waals surface area contributed by atoms with Gasteiger partial charge >= 0.3 is 5.69 Å². The van der Waals surface area contributed by atoms with Crippen molar-refractivity contribution >= 4 is 38.8 Å². The van der Waals surface area contributed by atoms with E-state index in [1.165, 1.54) is 19.5 Å². The van der Waals surface area contributed by atoms with E-state index >= 15 is 0 Å². The second-order valence-corrected chi connectivity index (χ2v) is 9.66. The number of nitrogens with one attached hydrogen (secondary N) is 1. The van der Waals surface area contributed by atoms with Crippen molar-refractivity contribution in [2.24, 2.45) is 0 Å². The van der Waals surface area contributed by atoms with Gasteiger partial charge in [0.2, 0.25) is 5.91 Å². The molecular formula is C26H23N5O3S. The normalized spacial score (nSPS) is 13.2. The van der Waals surface area contributed by atoms with E-state index in [1.807, 2.05) is 30.3 Å². The Morgan fingerprint density at radius 1 is 1.09 bits per heavy atom. The highest BCUT2D eigenvalue weighted by Crippen LogP contribution is 2.38. The van der Waals surface area contributed by atoms with Crippen molar-refractivity contribution in [2.75, 3.05) is 12.4 Å². The van der Waals surface area contributed by atoms with Gasteiger partial charge in [0.1, 0.15) is 17.1 Å². The molecule has 1 aliphatic rings. The topological polar surface area (TPSA) is 90.5 Å². The van der Waals surface area contributed by atoms with Gasteiger partial charge in [0.25, 0.3) is 0 Å². The van der Waals surface area contributed by atoms with E-state index in [0.29, 0.717) is 22.9 Å². The molecule has 0 fully saturated rings. The van der Waals surface area contributed by atoms with Crippen LogP contribution >= 0.6 is 11.3 Å². The van der Waals surface area contributed by atoms with Crippen molar-refractivity contribution in [1.29, 1.82) is 0 Å². The molecule has 0 aliphatic heterocycles. The number of anilines is 1. The Morgan fingerprint density at radius 3 is 2.63 bits per heavy atom. The van der Waals surface area contributed by atoms with Gasteiger partial charge in [0, 0.05) is 16.1 Å². The van der Waals surface area contributed by atoms with Crippen molar-refractivity contribution < 1.29 is 9.53 Å². The minimum absolute atomic E-state index is 0.114. The fraction of sp³-hybridized carbons (Fsp3) is 0.231. The first-order chi connectivity index (χ1) is 17.1. The average Bonchev–Trinajstić information content (AvgIpc) is 3.50. The summed E-state index contributed by atoms with van der Waals surface area (Å²) in [4.78, 5) is 33.4. The van der Waals surface area contributed by atoms with Crippen molar-refractivity contribution in [3.63, 3.8) is 0 Å². The van der Waals surface area contributed by atoms with E-state index in [4.69, 9.17) is 9.72 Å². The van der Waals surface area contributed by atoms with Crippen LogP contribution in [0.25, 0.3) is 27.3 Å². The Bertz CT molecular complexity index is 1620. The maximum absolute atomic E-state index is 13.6. The van der Waals surface area contributed by atoms with Gasteiger partial charge in [-0.05, 0) is 55.5 Å². The number of carbonyl (C=O) groups is 1. The SMILES string of the molecule is COc1ccc(NC(=O)Cn2c(=O)n3nc(-c4ccccc4)nc3c3c4c(sc32)CCCC4)cc1. The number of aromatic nitrogens is 4. The first kappa shape index (κ1) is 21.5. The Hall–Kier alpha value is -3.98. The Labute approximate surface area is 204 Å². The zero-order valence-electron chi connectivity index (χ0n) is 19.2. The lowest BCUT2D eigenvalue weighted by atomic mass is 9.97. The molecule has 0 saturated heterocycles. The first-order valence-corrected chi connectivity index (χ1v) is 12.4. The summed E-state index contributed by atoms with van der Waals surface area (Å²) >= 11 is 1.60. The molecule has 9 heteroatoms. The van der Waals surface area contributed by atoms with Crippen LogP contribution in [0.15, 0.2) is 59.4 Å². The number of aryl methyl sites for hydroxylation is 2. The number of hydrogen-bond donors (Lipinski definition) is 1. The molecule has 1 N–H and O–H groups in total. The molecule has 0 spiro atoms. The summed E-state index contributed by atoms with van der Waals surface area (Å²) in [7, 11) is 1.59. The molecule has 3 heterocycles. The number of amides is 1. The van der Waals surface area contributed by atoms with E-state index < -0.39 is 0 Å². The first-order valence-electron chi connectivity index (χ1n) is 11.6. The summed E-state index contributed by atoms with van der Waals surface area (Å²) in [5.74, 6) is 0.920. The predicted octanol–water partition coefficient (Wildman–Crippen LogP) is 4.30. The van der Waals surface area contributed by atoms with Gasteiger partial charge in [-0.25, -0.2) is 9.78 Å². The second kappa shape index (κ2) is 8.66. The van der Waals surface area contributed by atoms with E-state index in [0.717, 1.165) is 41.5 Å². The minimum atomic E-state index is -0.370. The quantitative estimate of drug-likeness (QED) is 0.401. The van der Waals surface area contributed by atoms with Crippen LogP contribution in [0.1, 0.15) is 23.3 Å². The summed E-state index contributed by atoms with van der Waals surface area (Å²) in [5, 5.41) is 8.38. The standard InChI is InChI=1S/C26H23N5O3S/c1-34-18-13-11-17(12-14-18)27-21(32)15-30-25-22(19-9-5-6-10-20(19)35-25)24-28-23(29-31(24)26(30)33)16-7-3-2-4-8-16/h2-4,7-8,11-14H,5-6,9-10,15H2,1H3,(H,27,32). The zero-order valence-corrected chi connectivity index (χ0v) is 20.0. The monoisotopic (exact) mass is 485 g/mol. The number of rotatable bonds is 5. The van der Waals surface area contributed by atoms with Crippen LogP contribution in [-0.2, 0) is 24.2 Å². The Morgan fingerprint density at radius 2 is 1.86 bits per heavy atom. The highest BCUT2D eigenvalue weighted by molar-refractivity contribution is 7.19. The molecule has 2 aromatic carbocycles. The van der Waals surface area contributed by atoms with E-state index in [2.05, 4.69) is 10.4 Å². The minimum Gasteiger partial charge on any atom is -0.497 e. The van der Waals surface area contributed by atoms with E-state index in [9.17, 15) is 9.59 Å². The molecular weight excluding hydrogens is 462 g/mol.